The number of allylic oxidation sites excluding steroid dienone is 2. The van der Waals surface area contributed by atoms with Crippen molar-refractivity contribution in [3.05, 3.63) is 65.3 Å². The number of hydrogen-bond donors (Lipinski definition) is 3. The summed E-state index contributed by atoms with van der Waals surface area (Å²) in [6.07, 6.45) is 8.34. The number of benzene rings is 1. The van der Waals surface area contributed by atoms with Crippen LogP contribution in [-0.2, 0) is 11.3 Å². The quantitative estimate of drug-likeness (QED) is 0.581. The number of carbonyl (C=O) groups excluding carboxylic acids is 1. The van der Waals surface area contributed by atoms with Crippen LogP contribution in [0.15, 0.2) is 48.1 Å². The molecule has 1 aliphatic carbocycles. The van der Waals surface area contributed by atoms with Crippen molar-refractivity contribution >= 4 is 11.6 Å². The molecule has 0 fully saturated rings. The van der Waals surface area contributed by atoms with E-state index >= 15 is 0 Å². The topological polar surface area (TPSA) is 81.1 Å². The molecule has 1 aliphatic rings. The van der Waals surface area contributed by atoms with Crippen molar-refractivity contribution in [1.29, 1.82) is 0 Å². The first-order valence-electron chi connectivity index (χ1n) is 6.30. The second-order valence-corrected chi connectivity index (χ2v) is 4.60. The molecule has 21 heavy (non-hydrogen) atoms. The summed E-state index contributed by atoms with van der Waals surface area (Å²) in [6.45, 7) is 0.000639. The molecule has 5 N–H and O–H groups in total. The Bertz CT molecular complexity index is 627. The number of nitrogen functional groups attached to an aromatic ring is 1. The zero-order valence-electron chi connectivity index (χ0n) is 11.1. The first-order valence-corrected chi connectivity index (χ1v) is 6.30. The number of nitrogens with one attached hydrogen (secondary N) is 1. The molecule has 0 saturated heterocycles. The summed E-state index contributed by atoms with van der Waals surface area (Å²) in [5.74, 6) is -2.07. The van der Waals surface area contributed by atoms with Gasteiger partial charge in [0.2, 0.25) is 5.91 Å². The largest absolute Gasteiger partial charge is 0.394 e. The van der Waals surface area contributed by atoms with Crippen LogP contribution in [0.2, 0.25) is 0 Å². The smallest absolute Gasteiger partial charge is 0.244 e. The molecule has 1 aromatic carbocycles. The maximum absolute atomic E-state index is 13.2. The van der Waals surface area contributed by atoms with Gasteiger partial charge in [0.1, 0.15) is 17.3 Å². The van der Waals surface area contributed by atoms with E-state index in [2.05, 4.69) is 5.32 Å². The Balaban J connectivity index is 1.91. The number of nitrogens with two attached hydrogens (primary N) is 2. The molecule has 1 atom stereocenters. The first-order chi connectivity index (χ1) is 9.97. The van der Waals surface area contributed by atoms with Crippen LogP contribution >= 0.6 is 0 Å². The van der Waals surface area contributed by atoms with Gasteiger partial charge in [0.05, 0.1) is 0 Å². The lowest BCUT2D eigenvalue weighted by Gasteiger charge is -2.06. The SMILES string of the molecule is Nc1c(F)cc(CNC(=O)/C=C/C2=CC=CC2N)cc1F. The van der Waals surface area contributed by atoms with E-state index in [1.54, 1.807) is 18.2 Å². The monoisotopic (exact) mass is 291 g/mol. The molecule has 0 aliphatic heterocycles. The minimum atomic E-state index is -0.844. The van der Waals surface area contributed by atoms with E-state index in [9.17, 15) is 13.6 Å². The molecule has 4 nitrogen and oxygen atoms in total. The molecule has 1 amide bonds. The highest BCUT2D eigenvalue weighted by Gasteiger charge is 2.09. The highest BCUT2D eigenvalue weighted by Crippen LogP contribution is 2.17. The number of rotatable bonds is 4. The van der Waals surface area contributed by atoms with Gasteiger partial charge in [-0.1, -0.05) is 24.3 Å². The molecule has 0 aromatic heterocycles. The molecular weight excluding hydrogens is 276 g/mol. The lowest BCUT2D eigenvalue weighted by Crippen LogP contribution is -2.21. The standard InChI is InChI=1S/C15H15F2N3O/c16-11-6-9(7-12(17)15(11)19)8-20-14(21)5-4-10-2-1-3-13(10)18/h1-7,13H,8,18-19H2,(H,20,21)/b5-4+. The highest BCUT2D eigenvalue weighted by molar-refractivity contribution is 5.88. The van der Waals surface area contributed by atoms with Gasteiger partial charge in [0.25, 0.3) is 0 Å². The molecule has 1 unspecified atom stereocenters. The lowest BCUT2D eigenvalue weighted by atomic mass is 10.1. The van der Waals surface area contributed by atoms with E-state index < -0.39 is 17.3 Å². The second-order valence-electron chi connectivity index (χ2n) is 4.60. The Kier molecular flexibility index (Phi) is 4.49. The number of carbonyl (C=O) groups is 1. The number of anilines is 1. The summed E-state index contributed by atoms with van der Waals surface area (Å²) in [5, 5.41) is 2.52. The number of amides is 1. The summed E-state index contributed by atoms with van der Waals surface area (Å²) in [7, 11) is 0. The highest BCUT2D eigenvalue weighted by atomic mass is 19.1. The van der Waals surface area contributed by atoms with E-state index in [4.69, 9.17) is 11.5 Å². The predicted molar refractivity (Wildman–Crippen MR) is 77.0 cm³/mol. The van der Waals surface area contributed by atoms with Gasteiger partial charge < -0.3 is 16.8 Å². The van der Waals surface area contributed by atoms with Gasteiger partial charge in [-0.25, -0.2) is 8.78 Å². The molecule has 6 heteroatoms. The average Bonchev–Trinajstić information content (AvgIpc) is 2.85. The van der Waals surface area contributed by atoms with Gasteiger partial charge in [0.15, 0.2) is 0 Å². The van der Waals surface area contributed by atoms with Crippen molar-refractivity contribution in [3.8, 4) is 0 Å². The van der Waals surface area contributed by atoms with Crippen LogP contribution in [0.5, 0.6) is 0 Å². The van der Waals surface area contributed by atoms with Crippen molar-refractivity contribution in [2.24, 2.45) is 5.73 Å². The summed E-state index contributed by atoms with van der Waals surface area (Å²) in [6, 6.07) is 1.96. The van der Waals surface area contributed by atoms with Crippen LogP contribution in [0.1, 0.15) is 5.56 Å². The maximum Gasteiger partial charge on any atom is 0.244 e. The van der Waals surface area contributed by atoms with Crippen molar-refractivity contribution in [1.82, 2.24) is 5.32 Å². The minimum absolute atomic E-state index is 0.000639. The van der Waals surface area contributed by atoms with Crippen LogP contribution in [-0.4, -0.2) is 11.9 Å². The Morgan fingerprint density at radius 2 is 2.00 bits per heavy atom. The van der Waals surface area contributed by atoms with Crippen LogP contribution in [0.25, 0.3) is 0 Å². The van der Waals surface area contributed by atoms with Crippen molar-refractivity contribution in [3.63, 3.8) is 0 Å². The maximum atomic E-state index is 13.2. The fourth-order valence-corrected chi connectivity index (χ4v) is 1.83. The van der Waals surface area contributed by atoms with Gasteiger partial charge in [-0.15, -0.1) is 0 Å². The normalized spacial score (nSPS) is 17.3. The van der Waals surface area contributed by atoms with E-state index in [1.807, 2.05) is 6.08 Å². The molecule has 1 aromatic rings. The third kappa shape index (κ3) is 3.76. The predicted octanol–water partition coefficient (Wildman–Crippen LogP) is 1.54. The van der Waals surface area contributed by atoms with E-state index in [1.165, 1.54) is 6.08 Å². The van der Waals surface area contributed by atoms with Gasteiger partial charge in [-0.2, -0.15) is 0 Å². The van der Waals surface area contributed by atoms with Crippen molar-refractivity contribution in [2.45, 2.75) is 12.6 Å². The Morgan fingerprint density at radius 1 is 1.33 bits per heavy atom. The molecule has 0 saturated carbocycles. The molecule has 0 radical (unpaired) electrons. The zero-order chi connectivity index (χ0) is 15.4. The molecular formula is C15H15F2N3O. The molecule has 2 rings (SSSR count). The van der Waals surface area contributed by atoms with Crippen LogP contribution in [0, 0.1) is 11.6 Å². The van der Waals surface area contributed by atoms with E-state index in [0.717, 1.165) is 17.7 Å². The zero-order valence-corrected chi connectivity index (χ0v) is 11.1. The fourth-order valence-electron chi connectivity index (χ4n) is 1.83. The number of halogens is 2. The summed E-state index contributed by atoms with van der Waals surface area (Å²) >= 11 is 0. The van der Waals surface area contributed by atoms with Crippen LogP contribution in [0.4, 0.5) is 14.5 Å². The Hall–Kier alpha value is -2.47. The molecule has 110 valence electrons. The van der Waals surface area contributed by atoms with E-state index in [0.29, 0.717) is 5.56 Å². The van der Waals surface area contributed by atoms with Gasteiger partial charge in [-0.05, 0) is 23.3 Å². The van der Waals surface area contributed by atoms with Gasteiger partial charge in [0, 0.05) is 18.7 Å². The minimum Gasteiger partial charge on any atom is -0.394 e. The van der Waals surface area contributed by atoms with Crippen LogP contribution in [0.3, 0.4) is 0 Å². The molecule has 0 heterocycles. The Morgan fingerprint density at radius 3 is 2.57 bits per heavy atom. The van der Waals surface area contributed by atoms with E-state index in [-0.39, 0.29) is 18.5 Å². The van der Waals surface area contributed by atoms with Gasteiger partial charge in [-0.3, -0.25) is 4.79 Å². The summed E-state index contributed by atoms with van der Waals surface area (Å²) in [5.41, 5.74) is 11.5. The fraction of sp³-hybridized carbons (Fsp3) is 0.133. The summed E-state index contributed by atoms with van der Waals surface area (Å²) in [4.78, 5) is 11.6. The average molecular weight is 291 g/mol. The number of hydrogen-bond acceptors (Lipinski definition) is 3. The third-order valence-electron chi connectivity index (χ3n) is 3.02. The Labute approximate surface area is 120 Å². The lowest BCUT2D eigenvalue weighted by molar-refractivity contribution is -0.116. The van der Waals surface area contributed by atoms with Crippen molar-refractivity contribution < 1.29 is 13.6 Å². The molecule has 0 spiro atoms. The second kappa shape index (κ2) is 6.32. The molecule has 0 bridgehead atoms. The summed E-state index contributed by atoms with van der Waals surface area (Å²) < 4.78 is 26.5. The first kappa shape index (κ1) is 14.9. The third-order valence-corrected chi connectivity index (χ3v) is 3.02. The van der Waals surface area contributed by atoms with Crippen molar-refractivity contribution in [2.75, 3.05) is 5.73 Å². The van der Waals surface area contributed by atoms with Gasteiger partial charge >= 0.3 is 0 Å². The van der Waals surface area contributed by atoms with Crippen LogP contribution < -0.4 is 16.8 Å².